The molecule has 0 fully saturated rings. The first-order chi connectivity index (χ1) is 9.83. The highest BCUT2D eigenvalue weighted by atomic mass is 32.2. The second-order valence-corrected chi connectivity index (χ2v) is 6.62. The Kier molecular flexibility index (Phi) is 4.47. The number of hydrogen-bond donors (Lipinski definition) is 2. The first-order valence-electron chi connectivity index (χ1n) is 6.40. The van der Waals surface area contributed by atoms with E-state index in [0.717, 1.165) is 23.1 Å². The van der Waals surface area contributed by atoms with E-state index in [2.05, 4.69) is 10.0 Å². The average Bonchev–Trinajstić information content (AvgIpc) is 2.38. The minimum absolute atomic E-state index is 0.243. The molecular weight excluding hydrogens is 291 g/mol. The normalized spacial score (nSPS) is 11.2. The van der Waals surface area contributed by atoms with Gasteiger partial charge in [0.15, 0.2) is 0 Å². The minimum Gasteiger partial charge on any atom is -0.381 e. The van der Waals surface area contributed by atoms with Gasteiger partial charge in [0.05, 0.1) is 6.26 Å². The fourth-order valence-corrected chi connectivity index (χ4v) is 2.49. The van der Waals surface area contributed by atoms with Crippen molar-refractivity contribution >= 4 is 21.4 Å². The highest BCUT2D eigenvalue weighted by Crippen LogP contribution is 2.17. The second-order valence-electron chi connectivity index (χ2n) is 4.88. The minimum atomic E-state index is -3.26. The summed E-state index contributed by atoms with van der Waals surface area (Å²) >= 11 is 0. The fourth-order valence-electron chi connectivity index (χ4n) is 1.93. The number of halogens is 1. The van der Waals surface area contributed by atoms with E-state index in [-0.39, 0.29) is 5.82 Å². The number of sulfonamides is 1. The van der Waals surface area contributed by atoms with Crippen LogP contribution in [-0.2, 0) is 16.6 Å². The molecule has 2 rings (SSSR count). The molecule has 0 atom stereocenters. The molecule has 4 nitrogen and oxygen atoms in total. The molecule has 112 valence electrons. The molecule has 0 saturated heterocycles. The van der Waals surface area contributed by atoms with Gasteiger partial charge in [0.2, 0.25) is 10.0 Å². The van der Waals surface area contributed by atoms with Crippen molar-refractivity contribution in [1.82, 2.24) is 0 Å². The fraction of sp³-hybridized carbons (Fsp3) is 0.200. The third kappa shape index (κ3) is 4.75. The molecule has 2 aromatic carbocycles. The van der Waals surface area contributed by atoms with E-state index in [9.17, 15) is 12.8 Å². The van der Waals surface area contributed by atoms with Gasteiger partial charge in [-0.15, -0.1) is 0 Å². The van der Waals surface area contributed by atoms with Crippen LogP contribution in [0.5, 0.6) is 0 Å². The lowest BCUT2D eigenvalue weighted by Gasteiger charge is -2.10. The molecule has 0 bridgehead atoms. The molecule has 0 aromatic heterocycles. The molecule has 0 aliphatic heterocycles. The largest absolute Gasteiger partial charge is 0.381 e. The zero-order valence-electron chi connectivity index (χ0n) is 11.9. The first-order valence-corrected chi connectivity index (χ1v) is 8.29. The molecule has 0 spiro atoms. The molecule has 0 radical (unpaired) electrons. The summed E-state index contributed by atoms with van der Waals surface area (Å²) in [5.41, 5.74) is 3.27. The Morgan fingerprint density at radius 3 is 2.24 bits per heavy atom. The first kappa shape index (κ1) is 15.3. The number of nitrogens with one attached hydrogen (secondary N) is 2. The maximum atomic E-state index is 13.0. The molecule has 0 unspecified atom stereocenters. The van der Waals surface area contributed by atoms with Gasteiger partial charge in [0.25, 0.3) is 0 Å². The molecule has 0 heterocycles. The quantitative estimate of drug-likeness (QED) is 0.892. The zero-order chi connectivity index (χ0) is 15.5. The molecule has 2 N–H and O–H groups in total. The Labute approximate surface area is 124 Å². The van der Waals surface area contributed by atoms with Gasteiger partial charge in [-0.2, -0.15) is 0 Å². The van der Waals surface area contributed by atoms with E-state index in [1.54, 1.807) is 30.3 Å². The number of hydrogen-bond acceptors (Lipinski definition) is 3. The van der Waals surface area contributed by atoms with Crippen LogP contribution in [0.2, 0.25) is 0 Å². The van der Waals surface area contributed by atoms with E-state index in [4.69, 9.17) is 0 Å². The number of anilines is 2. The summed E-state index contributed by atoms with van der Waals surface area (Å²) in [4.78, 5) is 0. The lowest BCUT2D eigenvalue weighted by atomic mass is 10.1. The lowest BCUT2D eigenvalue weighted by molar-refractivity contribution is 0.607. The van der Waals surface area contributed by atoms with E-state index in [0.29, 0.717) is 12.2 Å². The Bertz CT molecular complexity index is 728. The molecule has 0 saturated carbocycles. The lowest BCUT2D eigenvalue weighted by Crippen LogP contribution is -2.09. The molecule has 0 amide bonds. The van der Waals surface area contributed by atoms with Crippen molar-refractivity contribution in [2.45, 2.75) is 13.5 Å². The van der Waals surface area contributed by atoms with Crippen LogP contribution in [0.25, 0.3) is 0 Å². The van der Waals surface area contributed by atoms with Gasteiger partial charge >= 0.3 is 0 Å². The summed E-state index contributed by atoms with van der Waals surface area (Å²) in [6, 6.07) is 11.6. The summed E-state index contributed by atoms with van der Waals surface area (Å²) in [6.07, 6.45) is 1.11. The maximum Gasteiger partial charge on any atom is 0.229 e. The number of rotatable bonds is 5. The Morgan fingerprint density at radius 1 is 1.05 bits per heavy atom. The van der Waals surface area contributed by atoms with Crippen molar-refractivity contribution in [2.75, 3.05) is 16.3 Å². The molecule has 6 heteroatoms. The van der Waals surface area contributed by atoms with Crippen LogP contribution in [0, 0.1) is 12.7 Å². The van der Waals surface area contributed by atoms with Crippen LogP contribution in [0.3, 0.4) is 0 Å². The highest BCUT2D eigenvalue weighted by Gasteiger charge is 2.03. The highest BCUT2D eigenvalue weighted by molar-refractivity contribution is 7.92. The molecular formula is C15H17FN2O2S. The van der Waals surface area contributed by atoms with Gasteiger partial charge in [-0.05, 0) is 54.4 Å². The predicted octanol–water partition coefficient (Wildman–Crippen LogP) is 3.12. The summed E-state index contributed by atoms with van der Waals surface area (Å²) in [7, 11) is -3.26. The van der Waals surface area contributed by atoms with Crippen LogP contribution in [-0.4, -0.2) is 14.7 Å². The van der Waals surface area contributed by atoms with Crippen LogP contribution in [0.4, 0.5) is 15.8 Å². The third-order valence-electron chi connectivity index (χ3n) is 2.98. The van der Waals surface area contributed by atoms with Crippen molar-refractivity contribution in [2.24, 2.45) is 0 Å². The van der Waals surface area contributed by atoms with E-state index >= 15 is 0 Å². The summed E-state index contributed by atoms with van der Waals surface area (Å²) in [5.74, 6) is -0.243. The van der Waals surface area contributed by atoms with Crippen molar-refractivity contribution in [3.63, 3.8) is 0 Å². The second kappa shape index (κ2) is 6.13. The van der Waals surface area contributed by atoms with Gasteiger partial charge in [-0.25, -0.2) is 12.8 Å². The van der Waals surface area contributed by atoms with Crippen molar-refractivity contribution in [3.05, 3.63) is 59.4 Å². The van der Waals surface area contributed by atoms with Crippen LogP contribution >= 0.6 is 0 Å². The number of benzene rings is 2. The smallest absolute Gasteiger partial charge is 0.229 e. The van der Waals surface area contributed by atoms with E-state index < -0.39 is 10.0 Å². The predicted molar refractivity (Wildman–Crippen MR) is 83.4 cm³/mol. The van der Waals surface area contributed by atoms with Gasteiger partial charge in [-0.3, -0.25) is 4.72 Å². The summed E-state index contributed by atoms with van der Waals surface area (Å²) in [5, 5.41) is 3.21. The van der Waals surface area contributed by atoms with Crippen LogP contribution in [0.15, 0.2) is 42.5 Å². The topological polar surface area (TPSA) is 58.2 Å². The Hall–Kier alpha value is -2.08. The van der Waals surface area contributed by atoms with Gasteiger partial charge in [0, 0.05) is 17.9 Å². The van der Waals surface area contributed by atoms with Gasteiger partial charge in [0.1, 0.15) is 5.82 Å². The number of aryl methyl sites for hydroxylation is 1. The van der Waals surface area contributed by atoms with Crippen molar-refractivity contribution in [1.29, 1.82) is 0 Å². The Morgan fingerprint density at radius 2 is 1.67 bits per heavy atom. The Balaban J connectivity index is 2.00. The standard InChI is InChI=1S/C15H17FN2O2S/c1-11-9-13(16)4-3-12(11)10-17-14-5-7-15(8-6-14)18-21(2,19)20/h3-9,17-18H,10H2,1-2H3. The third-order valence-corrected chi connectivity index (χ3v) is 3.58. The van der Waals surface area contributed by atoms with E-state index in [1.807, 2.05) is 6.92 Å². The summed E-state index contributed by atoms with van der Waals surface area (Å²) in [6.45, 7) is 2.43. The maximum absolute atomic E-state index is 13.0. The molecule has 0 aliphatic rings. The molecule has 0 aliphatic carbocycles. The summed E-state index contributed by atoms with van der Waals surface area (Å²) < 4.78 is 37.6. The van der Waals surface area contributed by atoms with Gasteiger partial charge in [-0.1, -0.05) is 6.07 Å². The van der Waals surface area contributed by atoms with E-state index in [1.165, 1.54) is 12.1 Å². The van der Waals surface area contributed by atoms with Crippen molar-refractivity contribution < 1.29 is 12.8 Å². The SMILES string of the molecule is Cc1cc(F)ccc1CNc1ccc(NS(C)(=O)=O)cc1. The van der Waals surface area contributed by atoms with Crippen LogP contribution < -0.4 is 10.0 Å². The van der Waals surface area contributed by atoms with Crippen LogP contribution in [0.1, 0.15) is 11.1 Å². The zero-order valence-corrected chi connectivity index (χ0v) is 12.7. The average molecular weight is 308 g/mol. The molecule has 21 heavy (non-hydrogen) atoms. The monoisotopic (exact) mass is 308 g/mol. The molecule has 2 aromatic rings. The van der Waals surface area contributed by atoms with Crippen molar-refractivity contribution in [3.8, 4) is 0 Å². The van der Waals surface area contributed by atoms with Gasteiger partial charge < -0.3 is 5.32 Å².